The molecule has 2 aromatic heterocycles. The number of thiazole rings is 1. The molecule has 0 saturated carbocycles. The number of tetrazole rings is 1. The van der Waals surface area contributed by atoms with Gasteiger partial charge in [-0.1, -0.05) is 28.3 Å². The normalized spacial score (nSPS) is 20.1. The van der Waals surface area contributed by atoms with Crippen LogP contribution >= 0.6 is 50.8 Å². The van der Waals surface area contributed by atoms with Crippen molar-refractivity contribution < 1.29 is 24.3 Å². The van der Waals surface area contributed by atoms with E-state index in [0.717, 1.165) is 11.3 Å². The van der Waals surface area contributed by atoms with Crippen molar-refractivity contribution in [2.24, 2.45) is 12.2 Å². The Labute approximate surface area is 212 Å². The van der Waals surface area contributed by atoms with Crippen LogP contribution in [0.25, 0.3) is 0 Å². The molecule has 1 saturated heterocycles. The zero-order valence-corrected chi connectivity index (χ0v) is 21.5. The van der Waals surface area contributed by atoms with Crippen LogP contribution in [-0.2, 0) is 26.3 Å². The number of aryl methyl sites for hydroxylation is 1. The molecule has 4 heterocycles. The number of aromatic nitrogens is 5. The minimum absolute atomic E-state index is 0.0947. The SMILES string of the molecule is CO/N=C(/C(=O)NC1C(=O)N2C(C(=O)O)=C(CSc3nnnn3C)CSC12)c1nc(N)sc1Br. The molecule has 14 nitrogen and oxygen atoms in total. The molecule has 0 radical (unpaired) electrons. The fourth-order valence-electron chi connectivity index (χ4n) is 3.25. The number of amides is 2. The first kappa shape index (κ1) is 24.4. The molecular weight excluding hydrogens is 574 g/mol. The van der Waals surface area contributed by atoms with E-state index in [9.17, 15) is 19.5 Å². The van der Waals surface area contributed by atoms with Crippen LogP contribution in [0.5, 0.6) is 0 Å². The van der Waals surface area contributed by atoms with Gasteiger partial charge in [-0.15, -0.1) is 16.9 Å². The summed E-state index contributed by atoms with van der Waals surface area (Å²) in [4.78, 5) is 47.9. The number of carboxylic acid groups (broad SMARTS) is 1. The van der Waals surface area contributed by atoms with Crippen LogP contribution in [0.4, 0.5) is 5.13 Å². The molecule has 4 rings (SSSR count). The molecule has 18 heteroatoms. The Balaban J connectivity index is 1.51. The highest BCUT2D eigenvalue weighted by molar-refractivity contribution is 9.11. The molecule has 2 unspecified atom stereocenters. The number of hydrogen-bond acceptors (Lipinski definition) is 13. The largest absolute Gasteiger partial charge is 0.477 e. The van der Waals surface area contributed by atoms with Gasteiger partial charge in [-0.25, -0.2) is 14.5 Å². The third-order valence-electron chi connectivity index (χ3n) is 4.72. The molecule has 2 aromatic rings. The predicted octanol–water partition coefficient (Wildman–Crippen LogP) is -0.107. The summed E-state index contributed by atoms with van der Waals surface area (Å²) in [5, 5.41) is 27.4. The van der Waals surface area contributed by atoms with Gasteiger partial charge in [0.2, 0.25) is 5.16 Å². The van der Waals surface area contributed by atoms with Crippen molar-refractivity contribution in [3.8, 4) is 0 Å². The van der Waals surface area contributed by atoms with Crippen molar-refractivity contribution >= 4 is 79.4 Å². The lowest BCUT2D eigenvalue weighted by Gasteiger charge is -2.49. The molecule has 2 aliphatic rings. The number of β-lactam (4-membered cyclic amide) rings is 1. The van der Waals surface area contributed by atoms with Gasteiger partial charge in [0.25, 0.3) is 11.8 Å². The average molecular weight is 590 g/mol. The van der Waals surface area contributed by atoms with E-state index in [1.54, 1.807) is 7.05 Å². The number of hydrogen-bond donors (Lipinski definition) is 3. The fraction of sp³-hybridized carbons (Fsp3) is 0.375. The first-order valence-corrected chi connectivity index (χ1v) is 13.0. The number of aliphatic carboxylic acids is 1. The molecule has 4 N–H and O–H groups in total. The second kappa shape index (κ2) is 9.88. The molecule has 0 aromatic carbocycles. The Hall–Kier alpha value is -2.70. The van der Waals surface area contributed by atoms with E-state index in [4.69, 9.17) is 10.6 Å². The number of carbonyl (C=O) groups is 3. The Morgan fingerprint density at radius 3 is 2.82 bits per heavy atom. The molecule has 34 heavy (non-hydrogen) atoms. The van der Waals surface area contributed by atoms with Gasteiger partial charge in [-0.2, -0.15) is 0 Å². The van der Waals surface area contributed by atoms with Crippen LogP contribution in [0.3, 0.4) is 0 Å². The zero-order chi connectivity index (χ0) is 24.6. The number of thioether (sulfide) groups is 2. The quantitative estimate of drug-likeness (QED) is 0.160. The van der Waals surface area contributed by atoms with Gasteiger partial charge >= 0.3 is 5.97 Å². The number of anilines is 1. The third-order valence-corrected chi connectivity index (χ3v) is 8.69. The molecular formula is C16H16BrN9O5S3. The Kier molecular flexibility index (Phi) is 7.10. The molecule has 2 amide bonds. The van der Waals surface area contributed by atoms with Gasteiger partial charge in [0.15, 0.2) is 10.8 Å². The number of fused-ring (bicyclic) bond motifs is 1. The third kappa shape index (κ3) is 4.49. The predicted molar refractivity (Wildman–Crippen MR) is 127 cm³/mol. The summed E-state index contributed by atoms with van der Waals surface area (Å²) in [6.07, 6.45) is 0. The summed E-state index contributed by atoms with van der Waals surface area (Å²) in [6.45, 7) is 0. The van der Waals surface area contributed by atoms with Crippen LogP contribution in [0, 0.1) is 0 Å². The minimum Gasteiger partial charge on any atom is -0.477 e. The lowest BCUT2D eigenvalue weighted by Crippen LogP contribution is -2.71. The van der Waals surface area contributed by atoms with E-state index in [0.29, 0.717) is 26.0 Å². The maximum Gasteiger partial charge on any atom is 0.352 e. The van der Waals surface area contributed by atoms with E-state index >= 15 is 0 Å². The minimum atomic E-state index is -1.22. The maximum atomic E-state index is 12.9. The summed E-state index contributed by atoms with van der Waals surface area (Å²) in [5.74, 6) is -1.82. The number of nitrogens with two attached hydrogens (primary N) is 1. The summed E-state index contributed by atoms with van der Waals surface area (Å²) in [7, 11) is 2.94. The van der Waals surface area contributed by atoms with Crippen molar-refractivity contribution in [1.29, 1.82) is 0 Å². The first-order valence-electron chi connectivity index (χ1n) is 9.32. The first-order chi connectivity index (χ1) is 16.2. The van der Waals surface area contributed by atoms with Crippen LogP contribution in [0.1, 0.15) is 5.69 Å². The van der Waals surface area contributed by atoms with Gasteiger partial charge < -0.3 is 21.0 Å². The standard InChI is InChI=1S/C16H16BrN9O5S3/c1-25-16(21-23-24-25)33-4-5-3-32-13-8(12(28)26(13)9(5)14(29)30)19-11(27)7(22-31-2)6-10(17)34-15(18)20-6/h8,13H,3-4H2,1-2H3,(H2,18,20)(H,19,27)(H,29,30)/b22-7+. The van der Waals surface area contributed by atoms with E-state index < -0.39 is 29.2 Å². The number of halogens is 1. The maximum absolute atomic E-state index is 12.9. The van der Waals surface area contributed by atoms with Crippen LogP contribution in [-0.4, -0.2) is 88.7 Å². The second-order valence-corrected chi connectivity index (χ2v) is 11.2. The Bertz CT molecular complexity index is 1230. The van der Waals surface area contributed by atoms with Gasteiger partial charge in [0.05, 0.1) is 0 Å². The van der Waals surface area contributed by atoms with Gasteiger partial charge in [0, 0.05) is 18.6 Å². The Morgan fingerprint density at radius 1 is 1.47 bits per heavy atom. The highest BCUT2D eigenvalue weighted by atomic mass is 79.9. The zero-order valence-electron chi connectivity index (χ0n) is 17.5. The Morgan fingerprint density at radius 2 is 2.24 bits per heavy atom. The van der Waals surface area contributed by atoms with Crippen LogP contribution < -0.4 is 11.1 Å². The molecule has 0 spiro atoms. The molecule has 0 bridgehead atoms. The average Bonchev–Trinajstić information content (AvgIpc) is 3.36. The van der Waals surface area contributed by atoms with Crippen LogP contribution in [0.2, 0.25) is 0 Å². The van der Waals surface area contributed by atoms with Crippen LogP contribution in [0.15, 0.2) is 25.4 Å². The number of nitrogen functional groups attached to an aromatic ring is 1. The monoisotopic (exact) mass is 589 g/mol. The molecule has 2 atom stereocenters. The van der Waals surface area contributed by atoms with E-state index in [1.165, 1.54) is 40.2 Å². The number of oxime groups is 1. The van der Waals surface area contributed by atoms with E-state index in [1.807, 2.05) is 0 Å². The summed E-state index contributed by atoms with van der Waals surface area (Å²) in [6, 6.07) is -0.944. The van der Waals surface area contributed by atoms with E-state index in [-0.39, 0.29) is 22.2 Å². The summed E-state index contributed by atoms with van der Waals surface area (Å²) >= 11 is 7.00. The second-order valence-electron chi connectivity index (χ2n) is 6.79. The van der Waals surface area contributed by atoms with Crippen molar-refractivity contribution in [2.75, 3.05) is 24.3 Å². The number of carboxylic acids is 1. The van der Waals surface area contributed by atoms with Crippen molar-refractivity contribution in [2.45, 2.75) is 16.6 Å². The highest BCUT2D eigenvalue weighted by Gasteiger charge is 2.54. The van der Waals surface area contributed by atoms with Gasteiger partial charge in [0.1, 0.15) is 33.7 Å². The van der Waals surface area contributed by atoms with Crippen molar-refractivity contribution in [3.63, 3.8) is 0 Å². The molecule has 180 valence electrons. The molecule has 2 aliphatic heterocycles. The van der Waals surface area contributed by atoms with E-state index in [2.05, 4.69) is 46.9 Å². The molecule has 0 aliphatic carbocycles. The smallest absolute Gasteiger partial charge is 0.352 e. The number of nitrogens with one attached hydrogen (secondary N) is 1. The van der Waals surface area contributed by atoms with Gasteiger partial charge in [-0.3, -0.25) is 14.5 Å². The lowest BCUT2D eigenvalue weighted by molar-refractivity contribution is -0.150. The highest BCUT2D eigenvalue weighted by Crippen LogP contribution is 2.41. The molecule has 1 fully saturated rings. The lowest BCUT2D eigenvalue weighted by atomic mass is 10.0. The number of nitrogens with zero attached hydrogens (tertiary/aromatic N) is 7. The number of carbonyl (C=O) groups excluding carboxylic acids is 2. The topological polar surface area (TPSA) is 191 Å². The number of rotatable bonds is 8. The van der Waals surface area contributed by atoms with Crippen molar-refractivity contribution in [3.05, 3.63) is 20.8 Å². The summed E-state index contributed by atoms with van der Waals surface area (Å²) in [5.41, 5.74) is 6.16. The fourth-order valence-corrected chi connectivity index (χ4v) is 6.91. The summed E-state index contributed by atoms with van der Waals surface area (Å²) < 4.78 is 1.94. The van der Waals surface area contributed by atoms with Crippen molar-refractivity contribution in [1.82, 2.24) is 35.4 Å². The van der Waals surface area contributed by atoms with Gasteiger partial charge in [-0.05, 0) is 31.9 Å².